The fraction of sp³-hybridized carbons (Fsp3) is 0.200. The molecule has 0 aliphatic carbocycles. The number of imidazole rings is 1. The molecular weight excluding hydrogens is 256 g/mol. The molecule has 1 N–H and O–H groups in total. The second kappa shape index (κ2) is 4.85. The third kappa shape index (κ3) is 2.30. The van der Waals surface area contributed by atoms with E-state index in [0.29, 0.717) is 6.54 Å². The van der Waals surface area contributed by atoms with Gasteiger partial charge in [0.15, 0.2) is 0 Å². The molecule has 0 amide bonds. The Labute approximate surface area is 116 Å². The average Bonchev–Trinajstić information content (AvgIpc) is 2.92. The van der Waals surface area contributed by atoms with Gasteiger partial charge >= 0.3 is 5.97 Å². The van der Waals surface area contributed by atoms with E-state index in [0.717, 1.165) is 16.9 Å². The Balaban J connectivity index is 1.95. The zero-order valence-corrected chi connectivity index (χ0v) is 11.0. The van der Waals surface area contributed by atoms with Gasteiger partial charge in [-0.2, -0.15) is 0 Å². The van der Waals surface area contributed by atoms with Crippen LogP contribution in [0.5, 0.6) is 5.75 Å². The summed E-state index contributed by atoms with van der Waals surface area (Å²) in [5.74, 6) is -0.215. The van der Waals surface area contributed by atoms with Crippen molar-refractivity contribution in [2.45, 2.75) is 19.6 Å². The summed E-state index contributed by atoms with van der Waals surface area (Å²) in [5, 5.41) is 9.04. The van der Waals surface area contributed by atoms with Gasteiger partial charge in [0, 0.05) is 24.5 Å². The van der Waals surface area contributed by atoms with E-state index in [4.69, 9.17) is 9.84 Å². The van der Waals surface area contributed by atoms with Crippen LogP contribution in [0.25, 0.3) is 6.08 Å². The summed E-state index contributed by atoms with van der Waals surface area (Å²) >= 11 is 0. The summed E-state index contributed by atoms with van der Waals surface area (Å²) in [6.45, 7) is 2.66. The fourth-order valence-electron chi connectivity index (χ4n) is 2.25. The van der Waals surface area contributed by atoms with E-state index in [1.165, 1.54) is 0 Å². The molecule has 2 heterocycles. The van der Waals surface area contributed by atoms with E-state index in [9.17, 15) is 4.79 Å². The second-order valence-electron chi connectivity index (χ2n) is 4.77. The van der Waals surface area contributed by atoms with Crippen molar-refractivity contribution in [2.24, 2.45) is 0 Å². The summed E-state index contributed by atoms with van der Waals surface area (Å²) in [6.07, 6.45) is 7.31. The van der Waals surface area contributed by atoms with Gasteiger partial charge in [0.05, 0.1) is 11.9 Å². The number of rotatable bonds is 3. The number of fused-ring (bicyclic) bond motifs is 1. The zero-order valence-electron chi connectivity index (χ0n) is 11.0. The highest BCUT2D eigenvalue weighted by atomic mass is 16.5. The molecule has 0 bridgehead atoms. The highest BCUT2D eigenvalue weighted by molar-refractivity contribution is 5.89. The lowest BCUT2D eigenvalue weighted by Crippen LogP contribution is -2.22. The normalized spacial score (nSPS) is 17.1. The van der Waals surface area contributed by atoms with Crippen LogP contribution in [-0.4, -0.2) is 26.7 Å². The molecule has 20 heavy (non-hydrogen) atoms. The molecule has 0 saturated heterocycles. The van der Waals surface area contributed by atoms with Gasteiger partial charge in [0.1, 0.15) is 11.9 Å². The quantitative estimate of drug-likeness (QED) is 0.930. The standard InChI is InChI=1S/C15H14N2O3/c1-10-13(8-17-5-4-16-9-17)7-12-6-11(15(18)19)2-3-14(12)20-10/h2-7,9-10H,8H2,1H3,(H,18,19). The Morgan fingerprint density at radius 1 is 1.50 bits per heavy atom. The van der Waals surface area contributed by atoms with Gasteiger partial charge in [0.2, 0.25) is 0 Å². The van der Waals surface area contributed by atoms with Gasteiger partial charge in [-0.3, -0.25) is 0 Å². The lowest BCUT2D eigenvalue weighted by atomic mass is 10.0. The van der Waals surface area contributed by atoms with Gasteiger partial charge in [-0.05, 0) is 36.8 Å². The van der Waals surface area contributed by atoms with Gasteiger partial charge in [0.25, 0.3) is 0 Å². The number of carboxylic acids is 1. The SMILES string of the molecule is CC1Oc2ccc(C(=O)O)cc2C=C1Cn1ccnc1. The van der Waals surface area contributed by atoms with Crippen LogP contribution in [0.1, 0.15) is 22.8 Å². The van der Waals surface area contributed by atoms with E-state index in [1.807, 2.05) is 23.8 Å². The van der Waals surface area contributed by atoms with Crippen molar-refractivity contribution in [2.75, 3.05) is 0 Å². The molecule has 5 nitrogen and oxygen atoms in total. The second-order valence-corrected chi connectivity index (χ2v) is 4.77. The van der Waals surface area contributed by atoms with Gasteiger partial charge in [-0.1, -0.05) is 0 Å². The van der Waals surface area contributed by atoms with Crippen LogP contribution >= 0.6 is 0 Å². The van der Waals surface area contributed by atoms with Crippen molar-refractivity contribution < 1.29 is 14.6 Å². The molecule has 1 aliphatic rings. The first-order valence-electron chi connectivity index (χ1n) is 6.33. The minimum absolute atomic E-state index is 0.0411. The van der Waals surface area contributed by atoms with Crippen LogP contribution < -0.4 is 4.74 Å². The highest BCUT2D eigenvalue weighted by Crippen LogP contribution is 2.31. The molecule has 5 heteroatoms. The van der Waals surface area contributed by atoms with Crippen molar-refractivity contribution >= 4 is 12.0 Å². The average molecular weight is 270 g/mol. The lowest BCUT2D eigenvalue weighted by Gasteiger charge is -2.25. The van der Waals surface area contributed by atoms with Crippen LogP contribution in [0.4, 0.5) is 0 Å². The smallest absolute Gasteiger partial charge is 0.335 e. The minimum atomic E-state index is -0.934. The number of ether oxygens (including phenoxy) is 1. The van der Waals surface area contributed by atoms with Crippen molar-refractivity contribution in [1.82, 2.24) is 9.55 Å². The lowest BCUT2D eigenvalue weighted by molar-refractivity contribution is 0.0697. The maximum absolute atomic E-state index is 11.0. The Bertz CT molecular complexity index is 674. The zero-order chi connectivity index (χ0) is 14.1. The molecule has 0 saturated carbocycles. The maximum Gasteiger partial charge on any atom is 0.335 e. The molecule has 102 valence electrons. The Kier molecular flexibility index (Phi) is 3.02. The number of carboxylic acid groups (broad SMARTS) is 1. The topological polar surface area (TPSA) is 64.3 Å². The van der Waals surface area contributed by atoms with Crippen molar-refractivity contribution in [3.63, 3.8) is 0 Å². The minimum Gasteiger partial charge on any atom is -0.486 e. The molecule has 1 aliphatic heterocycles. The molecule has 0 spiro atoms. The predicted molar refractivity (Wildman–Crippen MR) is 73.7 cm³/mol. The Hall–Kier alpha value is -2.56. The molecule has 1 atom stereocenters. The number of aromatic carboxylic acids is 1. The number of hydrogen-bond donors (Lipinski definition) is 1. The highest BCUT2D eigenvalue weighted by Gasteiger charge is 2.20. The van der Waals surface area contributed by atoms with Crippen LogP contribution in [0.15, 0.2) is 42.5 Å². The van der Waals surface area contributed by atoms with Crippen molar-refractivity contribution in [1.29, 1.82) is 0 Å². The predicted octanol–water partition coefficient (Wildman–Crippen LogP) is 2.45. The third-order valence-corrected chi connectivity index (χ3v) is 3.35. The molecule has 2 aromatic rings. The number of nitrogens with zero attached hydrogens (tertiary/aromatic N) is 2. The van der Waals surface area contributed by atoms with Crippen LogP contribution in [0, 0.1) is 0 Å². The number of hydrogen-bond acceptors (Lipinski definition) is 3. The summed E-state index contributed by atoms with van der Waals surface area (Å²) in [6, 6.07) is 4.90. The molecule has 1 aromatic carbocycles. The van der Waals surface area contributed by atoms with Gasteiger partial charge in [-0.25, -0.2) is 9.78 Å². The number of carbonyl (C=O) groups is 1. The van der Waals surface area contributed by atoms with E-state index in [-0.39, 0.29) is 11.7 Å². The molecule has 0 radical (unpaired) electrons. The van der Waals surface area contributed by atoms with E-state index >= 15 is 0 Å². The van der Waals surface area contributed by atoms with Crippen molar-refractivity contribution in [3.8, 4) is 5.75 Å². The molecule has 1 aromatic heterocycles. The summed E-state index contributed by atoms with van der Waals surface area (Å²) in [4.78, 5) is 15.0. The fourth-order valence-corrected chi connectivity index (χ4v) is 2.25. The van der Waals surface area contributed by atoms with E-state index < -0.39 is 5.97 Å². The first-order chi connectivity index (χ1) is 9.63. The first-order valence-corrected chi connectivity index (χ1v) is 6.33. The summed E-state index contributed by atoms with van der Waals surface area (Å²) in [7, 11) is 0. The molecule has 3 rings (SSSR count). The summed E-state index contributed by atoms with van der Waals surface area (Å²) in [5.41, 5.74) is 2.15. The van der Waals surface area contributed by atoms with Crippen molar-refractivity contribution in [3.05, 3.63) is 53.6 Å². The third-order valence-electron chi connectivity index (χ3n) is 3.35. The van der Waals surface area contributed by atoms with E-state index in [2.05, 4.69) is 4.98 Å². The Morgan fingerprint density at radius 3 is 3.05 bits per heavy atom. The number of benzene rings is 1. The number of aromatic nitrogens is 2. The monoisotopic (exact) mass is 270 g/mol. The Morgan fingerprint density at radius 2 is 2.35 bits per heavy atom. The van der Waals surface area contributed by atoms with Crippen LogP contribution in [-0.2, 0) is 6.54 Å². The molecular formula is C15H14N2O3. The largest absolute Gasteiger partial charge is 0.486 e. The summed E-state index contributed by atoms with van der Waals surface area (Å²) < 4.78 is 7.79. The van der Waals surface area contributed by atoms with E-state index in [1.54, 1.807) is 30.7 Å². The van der Waals surface area contributed by atoms with Gasteiger partial charge in [-0.15, -0.1) is 0 Å². The van der Waals surface area contributed by atoms with Gasteiger partial charge < -0.3 is 14.4 Å². The first kappa shape index (κ1) is 12.5. The molecule has 1 unspecified atom stereocenters. The maximum atomic E-state index is 11.0. The van der Waals surface area contributed by atoms with Crippen LogP contribution in [0.2, 0.25) is 0 Å². The van der Waals surface area contributed by atoms with Crippen LogP contribution in [0.3, 0.4) is 0 Å². The molecule has 0 fully saturated rings.